The van der Waals surface area contributed by atoms with E-state index in [9.17, 15) is 0 Å². The highest BCUT2D eigenvalue weighted by atomic mass is 31.0. The van der Waals surface area contributed by atoms with E-state index in [2.05, 4.69) is 60.0 Å². The van der Waals surface area contributed by atoms with Crippen LogP contribution in [0.3, 0.4) is 0 Å². The van der Waals surface area contributed by atoms with Crippen LogP contribution in [-0.2, 0) is 0 Å². The van der Waals surface area contributed by atoms with E-state index in [1.165, 1.54) is 25.4 Å². The summed E-state index contributed by atoms with van der Waals surface area (Å²) >= 11 is 0. The Morgan fingerprint density at radius 2 is 1.35 bits per heavy atom. The van der Waals surface area contributed by atoms with Crippen molar-refractivity contribution in [3.05, 3.63) is 0 Å². The molecule has 20 heavy (non-hydrogen) atoms. The van der Waals surface area contributed by atoms with E-state index in [0.29, 0.717) is 23.2 Å². The smallest absolute Gasteiger partial charge is 0.00453 e. The Morgan fingerprint density at radius 3 is 1.65 bits per heavy atom. The highest BCUT2D eigenvalue weighted by molar-refractivity contribution is 7.19. The van der Waals surface area contributed by atoms with Gasteiger partial charge in [-0.1, -0.05) is 48.0 Å². The molecule has 3 unspecified atom stereocenters. The van der Waals surface area contributed by atoms with E-state index >= 15 is 0 Å². The van der Waals surface area contributed by atoms with Gasteiger partial charge in [0.05, 0.1) is 0 Å². The predicted molar refractivity (Wildman–Crippen MR) is 101 cm³/mol. The number of unbranched alkanes of at least 4 members (excludes halogenated alkanes) is 1. The van der Waals surface area contributed by atoms with Crippen LogP contribution in [0.25, 0.3) is 0 Å². The fourth-order valence-electron chi connectivity index (χ4n) is 4.29. The van der Waals surface area contributed by atoms with E-state index < -0.39 is 0 Å². The largest absolute Gasteiger partial charge is 0.330 e. The normalized spacial score (nSPS) is 16.2. The number of rotatable bonds is 10. The third-order valence-electron chi connectivity index (χ3n) is 5.55. The van der Waals surface area contributed by atoms with Gasteiger partial charge in [0.2, 0.25) is 0 Å². The molecule has 1 nitrogen and oxygen atoms in total. The lowest BCUT2D eigenvalue weighted by molar-refractivity contribution is 0.0340. The zero-order valence-corrected chi connectivity index (χ0v) is 17.0. The minimum absolute atomic E-state index is 0.265. The van der Waals surface area contributed by atoms with Gasteiger partial charge in [-0.05, 0) is 60.3 Å². The molecule has 0 rings (SSSR count). The first-order chi connectivity index (χ1) is 9.20. The van der Waals surface area contributed by atoms with Crippen LogP contribution in [0.15, 0.2) is 0 Å². The van der Waals surface area contributed by atoms with Crippen molar-refractivity contribution >= 4 is 18.5 Å². The van der Waals surface area contributed by atoms with Crippen molar-refractivity contribution in [3.63, 3.8) is 0 Å². The first kappa shape index (κ1) is 20.8. The van der Waals surface area contributed by atoms with Gasteiger partial charge in [0.15, 0.2) is 0 Å². The summed E-state index contributed by atoms with van der Waals surface area (Å²) in [6.07, 6.45) is 6.28. The molecule has 0 saturated carbocycles. The maximum Gasteiger partial charge on any atom is -0.00453 e. The van der Waals surface area contributed by atoms with Gasteiger partial charge in [-0.2, -0.15) is 0 Å². The van der Waals surface area contributed by atoms with Crippen LogP contribution >= 0.6 is 18.5 Å². The lowest BCUT2D eigenvalue weighted by Crippen LogP contribution is -2.54. The van der Waals surface area contributed by atoms with Crippen LogP contribution in [0.5, 0.6) is 0 Å². The number of hydrogen-bond acceptors (Lipinski definition) is 1. The van der Waals surface area contributed by atoms with Crippen molar-refractivity contribution in [1.29, 1.82) is 0 Å². The second-order valence-electron chi connectivity index (χ2n) is 7.34. The first-order valence-electron chi connectivity index (χ1n) is 8.39. The van der Waals surface area contributed by atoms with Crippen molar-refractivity contribution in [2.75, 3.05) is 12.7 Å². The van der Waals surface area contributed by atoms with E-state index in [4.69, 9.17) is 5.73 Å². The Bertz CT molecular complexity index is 256. The monoisotopic (exact) mass is 319 g/mol. The number of hydrogen-bond donors (Lipinski definition) is 1. The second kappa shape index (κ2) is 9.07. The summed E-state index contributed by atoms with van der Waals surface area (Å²) in [4.78, 5) is 0. The Hall–Kier alpha value is 0.820. The molecule has 0 heterocycles. The molecule has 0 aromatic rings. The lowest BCUT2D eigenvalue weighted by atomic mass is 9.56. The highest BCUT2D eigenvalue weighted by Gasteiger charge is 2.52. The molecule has 0 saturated heterocycles. The molecule has 122 valence electrons. The average Bonchev–Trinajstić information content (AvgIpc) is 2.35. The Kier molecular flexibility index (Phi) is 9.44. The van der Waals surface area contributed by atoms with Gasteiger partial charge < -0.3 is 5.73 Å². The molecule has 3 heteroatoms. The van der Waals surface area contributed by atoms with Gasteiger partial charge in [-0.15, -0.1) is 18.5 Å². The molecule has 0 aromatic carbocycles. The van der Waals surface area contributed by atoms with Gasteiger partial charge >= 0.3 is 0 Å². The van der Waals surface area contributed by atoms with Crippen LogP contribution in [0, 0.1) is 23.2 Å². The first-order valence-corrected chi connectivity index (χ1v) is 9.79. The Morgan fingerprint density at radius 1 is 0.850 bits per heavy atom. The molecule has 0 radical (unpaired) electrons. The Labute approximate surface area is 133 Å². The molecular weight excluding hydrogens is 280 g/mol. The molecule has 0 spiro atoms. The maximum atomic E-state index is 6.04. The van der Waals surface area contributed by atoms with Gasteiger partial charge in [-0.25, -0.2) is 0 Å². The molecular formula is C17H39NP2. The van der Waals surface area contributed by atoms with Crippen molar-refractivity contribution in [2.24, 2.45) is 28.9 Å². The van der Waals surface area contributed by atoms with E-state index in [0.717, 1.165) is 13.0 Å². The van der Waals surface area contributed by atoms with Crippen LogP contribution in [0.4, 0.5) is 0 Å². The molecule has 3 atom stereocenters. The van der Waals surface area contributed by atoms with Crippen molar-refractivity contribution in [2.45, 2.75) is 72.4 Å². The maximum absolute atomic E-state index is 6.04. The molecule has 0 amide bonds. The van der Waals surface area contributed by atoms with E-state index in [1.54, 1.807) is 0 Å². The summed E-state index contributed by atoms with van der Waals surface area (Å²) in [6, 6.07) is 0. The van der Waals surface area contributed by atoms with Gasteiger partial charge in [0, 0.05) is 0 Å². The molecule has 0 aliphatic carbocycles. The molecule has 0 aliphatic rings. The highest BCUT2D eigenvalue weighted by Crippen LogP contribution is 2.57. The third-order valence-corrected chi connectivity index (χ3v) is 7.86. The average molecular weight is 319 g/mol. The van der Waals surface area contributed by atoms with E-state index in [1.807, 2.05) is 0 Å². The summed E-state index contributed by atoms with van der Waals surface area (Å²) in [7, 11) is 6.14. The zero-order valence-electron chi connectivity index (χ0n) is 14.7. The SMILES string of the molecule is CC(C)C(CCN)(CCCCP)C(P)(C(C)C)C(C)C. The van der Waals surface area contributed by atoms with Gasteiger partial charge in [0.25, 0.3) is 0 Å². The summed E-state index contributed by atoms with van der Waals surface area (Å²) < 4.78 is 0. The summed E-state index contributed by atoms with van der Waals surface area (Å²) in [5.41, 5.74) is 6.37. The van der Waals surface area contributed by atoms with Crippen molar-refractivity contribution in [3.8, 4) is 0 Å². The fraction of sp³-hybridized carbons (Fsp3) is 1.00. The molecule has 0 aliphatic heterocycles. The van der Waals surface area contributed by atoms with Gasteiger partial charge in [0.1, 0.15) is 0 Å². The van der Waals surface area contributed by atoms with Crippen molar-refractivity contribution in [1.82, 2.24) is 0 Å². The van der Waals surface area contributed by atoms with Crippen LogP contribution in [0.1, 0.15) is 67.2 Å². The predicted octanol–water partition coefficient (Wildman–Crippen LogP) is 4.95. The van der Waals surface area contributed by atoms with Gasteiger partial charge in [-0.3, -0.25) is 0 Å². The summed E-state index contributed by atoms with van der Waals surface area (Å²) in [6.45, 7) is 15.1. The quantitative estimate of drug-likeness (QED) is 0.447. The molecule has 0 aromatic heterocycles. The second-order valence-corrected chi connectivity index (χ2v) is 8.87. The topological polar surface area (TPSA) is 26.0 Å². The number of nitrogens with two attached hydrogens (primary N) is 1. The Balaban J connectivity index is 5.65. The molecule has 2 N–H and O–H groups in total. The third kappa shape index (κ3) is 4.18. The zero-order chi connectivity index (χ0) is 16.0. The van der Waals surface area contributed by atoms with Crippen LogP contribution in [-0.4, -0.2) is 17.9 Å². The van der Waals surface area contributed by atoms with Crippen molar-refractivity contribution < 1.29 is 0 Å². The summed E-state index contributed by atoms with van der Waals surface area (Å²) in [5.74, 6) is 1.97. The minimum Gasteiger partial charge on any atom is -0.330 e. The minimum atomic E-state index is 0.265. The van der Waals surface area contributed by atoms with Crippen LogP contribution < -0.4 is 5.73 Å². The lowest BCUT2D eigenvalue weighted by Gasteiger charge is -2.57. The van der Waals surface area contributed by atoms with E-state index in [-0.39, 0.29) is 5.16 Å². The standard InChI is InChI=1S/C17H39NP2/c1-13(2)16(10-11-18,9-7-8-12-19)17(20,14(3)4)15(5)6/h13-15H,7-12,18-20H2,1-6H3. The fourth-order valence-corrected chi connectivity index (χ4v) is 5.20. The molecule has 0 fully saturated rings. The van der Waals surface area contributed by atoms with Crippen LogP contribution in [0.2, 0.25) is 0 Å². The summed E-state index contributed by atoms with van der Waals surface area (Å²) in [5, 5.41) is 0.265. The molecule has 0 bridgehead atoms.